The van der Waals surface area contributed by atoms with Crippen molar-refractivity contribution < 1.29 is 4.79 Å². The molecule has 1 aromatic carbocycles. The average Bonchev–Trinajstić information content (AvgIpc) is 2.54. The number of aryl methyl sites for hydroxylation is 1. The lowest BCUT2D eigenvalue weighted by atomic mass is 10.1. The van der Waals surface area contributed by atoms with E-state index in [1.165, 1.54) is 11.8 Å². The number of carbonyl (C=O) groups excluding carboxylic acids is 1. The first-order chi connectivity index (χ1) is 12.0. The van der Waals surface area contributed by atoms with Crippen molar-refractivity contribution in [2.75, 3.05) is 11.1 Å². The molecule has 130 valence electrons. The number of aromatic nitrogens is 1. The number of rotatable bonds is 7. The minimum atomic E-state index is -0.0325. The van der Waals surface area contributed by atoms with Gasteiger partial charge in [-0.25, -0.2) is 4.98 Å². The fourth-order valence-corrected chi connectivity index (χ4v) is 3.32. The Hall–Kier alpha value is -2.32. The normalized spacial score (nSPS) is 10.5. The van der Waals surface area contributed by atoms with Gasteiger partial charge in [-0.3, -0.25) is 4.79 Å². The quantitative estimate of drug-likeness (QED) is 0.740. The summed E-state index contributed by atoms with van der Waals surface area (Å²) < 4.78 is 0. The molecule has 0 radical (unpaired) electrons. The van der Waals surface area contributed by atoms with E-state index in [1.807, 2.05) is 43.3 Å². The molecule has 4 nitrogen and oxygen atoms in total. The molecule has 2 rings (SSSR count). The highest BCUT2D eigenvalue weighted by Crippen LogP contribution is 2.22. The molecule has 0 spiro atoms. The van der Waals surface area contributed by atoms with Crippen LogP contribution in [0.4, 0.5) is 5.69 Å². The van der Waals surface area contributed by atoms with Crippen molar-refractivity contribution in [1.82, 2.24) is 4.98 Å². The van der Waals surface area contributed by atoms with Crippen LogP contribution in [0.1, 0.15) is 37.1 Å². The van der Waals surface area contributed by atoms with Gasteiger partial charge in [0, 0.05) is 23.6 Å². The molecule has 0 unspecified atom stereocenters. The largest absolute Gasteiger partial charge is 0.326 e. The Bertz CT molecular complexity index is 781. The number of carbonyl (C=O) groups is 1. The van der Waals surface area contributed by atoms with Gasteiger partial charge in [0.1, 0.15) is 11.1 Å². The lowest BCUT2D eigenvalue weighted by Crippen LogP contribution is -2.12. The molecule has 0 saturated carbocycles. The molecule has 1 aromatic heterocycles. The molecule has 0 fully saturated rings. The highest BCUT2D eigenvalue weighted by atomic mass is 32.2. The highest BCUT2D eigenvalue weighted by Gasteiger charge is 2.09. The van der Waals surface area contributed by atoms with E-state index in [4.69, 9.17) is 0 Å². The van der Waals surface area contributed by atoms with E-state index < -0.39 is 0 Å². The number of nitrogens with zero attached hydrogens (tertiary/aromatic N) is 2. The van der Waals surface area contributed by atoms with Crippen LogP contribution in [0.2, 0.25) is 0 Å². The van der Waals surface area contributed by atoms with Crippen LogP contribution in [0.3, 0.4) is 0 Å². The van der Waals surface area contributed by atoms with Gasteiger partial charge >= 0.3 is 0 Å². The van der Waals surface area contributed by atoms with Gasteiger partial charge in [-0.05, 0) is 49.1 Å². The molecule has 1 N–H and O–H groups in total. The third kappa shape index (κ3) is 6.24. The zero-order chi connectivity index (χ0) is 18.2. The van der Waals surface area contributed by atoms with Crippen LogP contribution in [0.25, 0.3) is 0 Å². The van der Waals surface area contributed by atoms with Crippen LogP contribution in [0.5, 0.6) is 0 Å². The molecular weight excluding hydrogens is 330 g/mol. The van der Waals surface area contributed by atoms with Crippen molar-refractivity contribution in [2.24, 2.45) is 5.92 Å². The van der Waals surface area contributed by atoms with Crippen molar-refractivity contribution >= 4 is 23.4 Å². The van der Waals surface area contributed by atoms with E-state index in [1.54, 1.807) is 0 Å². The van der Waals surface area contributed by atoms with Crippen LogP contribution in [0.15, 0.2) is 41.4 Å². The molecule has 0 atom stereocenters. The number of amides is 1. The maximum absolute atomic E-state index is 12.1. The van der Waals surface area contributed by atoms with Crippen LogP contribution < -0.4 is 5.32 Å². The Balaban J connectivity index is 1.92. The molecule has 2 aromatic rings. The lowest BCUT2D eigenvalue weighted by molar-refractivity contribution is -0.115. The Morgan fingerprint density at radius 2 is 2.12 bits per heavy atom. The molecule has 0 aliphatic rings. The number of hydrogen-bond donors (Lipinski definition) is 1. The summed E-state index contributed by atoms with van der Waals surface area (Å²) in [5, 5.41) is 12.8. The molecule has 5 heteroatoms. The van der Waals surface area contributed by atoms with Gasteiger partial charge in [-0.15, -0.1) is 11.8 Å². The summed E-state index contributed by atoms with van der Waals surface area (Å²) in [5.41, 5.74) is 3.47. The summed E-state index contributed by atoms with van der Waals surface area (Å²) in [4.78, 5) is 16.7. The van der Waals surface area contributed by atoms with E-state index >= 15 is 0 Å². The molecular formula is C20H23N3OS. The Morgan fingerprint density at radius 1 is 1.32 bits per heavy atom. The first-order valence-electron chi connectivity index (χ1n) is 8.37. The molecule has 0 aliphatic heterocycles. The SMILES string of the molecule is Cc1cccc(NC(=O)CCSc2nc(CC(C)C)ccc2C#N)c1. The van der Waals surface area contributed by atoms with Gasteiger partial charge in [0.2, 0.25) is 5.91 Å². The maximum Gasteiger partial charge on any atom is 0.225 e. The second-order valence-corrected chi connectivity index (χ2v) is 7.46. The number of hydrogen-bond acceptors (Lipinski definition) is 4. The van der Waals surface area contributed by atoms with Gasteiger partial charge in [-0.1, -0.05) is 26.0 Å². The van der Waals surface area contributed by atoms with E-state index in [9.17, 15) is 10.1 Å². The maximum atomic E-state index is 12.1. The van der Waals surface area contributed by atoms with Crippen molar-refractivity contribution in [2.45, 2.75) is 38.6 Å². The van der Waals surface area contributed by atoms with Gasteiger partial charge < -0.3 is 5.32 Å². The first kappa shape index (κ1) is 19.0. The molecule has 0 bridgehead atoms. The minimum absolute atomic E-state index is 0.0325. The summed E-state index contributed by atoms with van der Waals surface area (Å²) in [5.74, 6) is 1.07. The van der Waals surface area contributed by atoms with Crippen molar-refractivity contribution in [3.8, 4) is 6.07 Å². The Labute approximate surface area is 153 Å². The Kier molecular flexibility index (Phi) is 7.03. The standard InChI is InChI=1S/C20H23N3OS/c1-14(2)11-18-8-7-16(13-21)20(23-18)25-10-9-19(24)22-17-6-4-5-15(3)12-17/h4-8,12,14H,9-11H2,1-3H3,(H,22,24). The molecule has 1 amide bonds. The lowest BCUT2D eigenvalue weighted by Gasteiger charge is -2.09. The molecule has 0 saturated heterocycles. The van der Waals surface area contributed by atoms with Crippen LogP contribution in [-0.2, 0) is 11.2 Å². The number of pyridine rings is 1. The van der Waals surface area contributed by atoms with Crippen LogP contribution in [0, 0.1) is 24.2 Å². The summed E-state index contributed by atoms with van der Waals surface area (Å²) in [6.45, 7) is 6.27. The fraction of sp³-hybridized carbons (Fsp3) is 0.350. The number of benzene rings is 1. The fourth-order valence-electron chi connectivity index (χ4n) is 2.39. The third-order valence-electron chi connectivity index (χ3n) is 3.53. The number of thioether (sulfide) groups is 1. The number of nitriles is 1. The van der Waals surface area contributed by atoms with Gasteiger partial charge in [-0.2, -0.15) is 5.26 Å². The van der Waals surface area contributed by atoms with Gasteiger partial charge in [0.25, 0.3) is 0 Å². The van der Waals surface area contributed by atoms with E-state index in [2.05, 4.69) is 30.2 Å². The monoisotopic (exact) mass is 353 g/mol. The zero-order valence-corrected chi connectivity index (χ0v) is 15.7. The van der Waals surface area contributed by atoms with Gasteiger partial charge in [0.05, 0.1) is 5.56 Å². The molecule has 0 aliphatic carbocycles. The van der Waals surface area contributed by atoms with E-state index in [0.29, 0.717) is 28.7 Å². The smallest absolute Gasteiger partial charge is 0.225 e. The third-order valence-corrected chi connectivity index (χ3v) is 4.52. The molecule has 1 heterocycles. The Morgan fingerprint density at radius 3 is 2.80 bits per heavy atom. The average molecular weight is 353 g/mol. The van der Waals surface area contributed by atoms with Crippen molar-refractivity contribution in [3.05, 3.63) is 53.2 Å². The minimum Gasteiger partial charge on any atom is -0.326 e. The second kappa shape index (κ2) is 9.24. The summed E-state index contributed by atoms with van der Waals surface area (Å²) in [6.07, 6.45) is 1.26. The summed E-state index contributed by atoms with van der Waals surface area (Å²) in [6, 6.07) is 13.6. The van der Waals surface area contributed by atoms with Crippen LogP contribution >= 0.6 is 11.8 Å². The number of anilines is 1. The molecule has 25 heavy (non-hydrogen) atoms. The first-order valence-corrected chi connectivity index (χ1v) is 9.36. The zero-order valence-electron chi connectivity index (χ0n) is 14.9. The highest BCUT2D eigenvalue weighted by molar-refractivity contribution is 7.99. The second-order valence-electron chi connectivity index (χ2n) is 6.38. The summed E-state index contributed by atoms with van der Waals surface area (Å²) in [7, 11) is 0. The summed E-state index contributed by atoms with van der Waals surface area (Å²) >= 11 is 1.46. The predicted molar refractivity (Wildman–Crippen MR) is 103 cm³/mol. The van der Waals surface area contributed by atoms with Crippen molar-refractivity contribution in [3.63, 3.8) is 0 Å². The topological polar surface area (TPSA) is 65.8 Å². The predicted octanol–water partition coefficient (Wildman–Crippen LogP) is 4.58. The van der Waals surface area contributed by atoms with E-state index in [-0.39, 0.29) is 5.91 Å². The van der Waals surface area contributed by atoms with Gasteiger partial charge in [0.15, 0.2) is 0 Å². The van der Waals surface area contributed by atoms with Crippen LogP contribution in [-0.4, -0.2) is 16.6 Å². The number of nitrogens with one attached hydrogen (secondary N) is 1. The van der Waals surface area contributed by atoms with Crippen molar-refractivity contribution in [1.29, 1.82) is 5.26 Å². The van der Waals surface area contributed by atoms with E-state index in [0.717, 1.165) is 23.4 Å².